The van der Waals surface area contributed by atoms with Crippen molar-refractivity contribution in [1.29, 1.82) is 0 Å². The summed E-state index contributed by atoms with van der Waals surface area (Å²) < 4.78 is 15.0. The number of hydrogen-bond donors (Lipinski definition) is 1. The lowest BCUT2D eigenvalue weighted by Gasteiger charge is -1.98. The first-order valence-electron chi connectivity index (χ1n) is 4.04. The number of primary amides is 1. The molecule has 76 valence electrons. The van der Waals surface area contributed by atoms with Gasteiger partial charge < -0.3 is 19.9 Å². The van der Waals surface area contributed by atoms with E-state index in [1.807, 2.05) is 0 Å². The maximum Gasteiger partial charge on any atom is 0.410 e. The molecule has 1 amide bonds. The van der Waals surface area contributed by atoms with Crippen LogP contribution in [0.15, 0.2) is 11.4 Å². The van der Waals surface area contributed by atoms with Crippen molar-refractivity contribution in [3.63, 3.8) is 0 Å². The third-order valence-corrected chi connectivity index (χ3v) is 2.37. The van der Waals surface area contributed by atoms with E-state index in [4.69, 9.17) is 15.2 Å². The molecule has 1 aliphatic heterocycles. The Balaban J connectivity index is 1.84. The Morgan fingerprint density at radius 1 is 1.79 bits per heavy atom. The molecule has 14 heavy (non-hydrogen) atoms. The molecule has 2 heterocycles. The van der Waals surface area contributed by atoms with E-state index < -0.39 is 6.09 Å². The molecule has 1 saturated heterocycles. The van der Waals surface area contributed by atoms with Gasteiger partial charge in [-0.2, -0.15) is 0 Å². The van der Waals surface area contributed by atoms with Crippen LogP contribution in [-0.4, -0.2) is 25.4 Å². The number of carbonyl (C=O) groups excluding carboxylic acids is 1. The first-order chi connectivity index (χ1) is 6.74. The van der Waals surface area contributed by atoms with Crippen LogP contribution in [0.3, 0.4) is 0 Å². The van der Waals surface area contributed by atoms with E-state index in [2.05, 4.69) is 4.74 Å². The summed E-state index contributed by atoms with van der Waals surface area (Å²) in [5.41, 5.74) is 4.85. The predicted octanol–water partition coefficient (Wildman–Crippen LogP) is 0.983. The highest BCUT2D eigenvalue weighted by atomic mass is 32.1. The van der Waals surface area contributed by atoms with Crippen LogP contribution in [0, 0.1) is 0 Å². The number of amides is 1. The molecule has 0 saturated carbocycles. The summed E-state index contributed by atoms with van der Waals surface area (Å²) >= 11 is 1.26. The minimum atomic E-state index is -0.816. The summed E-state index contributed by atoms with van der Waals surface area (Å²) in [5, 5.41) is 2.19. The lowest BCUT2D eigenvalue weighted by molar-refractivity contribution is 0.212. The maximum absolute atomic E-state index is 10.4. The molecular weight excluding hydrogens is 206 g/mol. The van der Waals surface area contributed by atoms with Gasteiger partial charge in [0.15, 0.2) is 5.06 Å². The number of rotatable bonds is 4. The average Bonchev–Trinajstić information content (AvgIpc) is 2.84. The molecule has 2 N–H and O–H groups in total. The molecule has 1 unspecified atom stereocenters. The number of nitrogens with two attached hydrogens (primary N) is 1. The van der Waals surface area contributed by atoms with E-state index in [1.54, 1.807) is 11.4 Å². The Kier molecular flexibility index (Phi) is 2.55. The second kappa shape index (κ2) is 3.85. The van der Waals surface area contributed by atoms with Gasteiger partial charge in [0.25, 0.3) is 0 Å². The van der Waals surface area contributed by atoms with Crippen molar-refractivity contribution in [3.8, 4) is 10.8 Å². The van der Waals surface area contributed by atoms with Crippen LogP contribution in [0.1, 0.15) is 0 Å². The first kappa shape index (κ1) is 9.29. The van der Waals surface area contributed by atoms with Crippen LogP contribution < -0.4 is 15.2 Å². The fourth-order valence-corrected chi connectivity index (χ4v) is 1.56. The number of hydrogen-bond acceptors (Lipinski definition) is 5. The molecule has 1 aromatic rings. The monoisotopic (exact) mass is 215 g/mol. The van der Waals surface area contributed by atoms with Crippen molar-refractivity contribution in [2.24, 2.45) is 5.73 Å². The molecule has 5 nitrogen and oxygen atoms in total. The second-order valence-electron chi connectivity index (χ2n) is 2.79. The van der Waals surface area contributed by atoms with Crippen LogP contribution in [0.4, 0.5) is 4.79 Å². The maximum atomic E-state index is 10.4. The number of ether oxygens (including phenoxy) is 3. The highest BCUT2D eigenvalue weighted by Gasteiger charge is 2.23. The van der Waals surface area contributed by atoms with Gasteiger partial charge in [-0.05, 0) is 0 Å². The Labute approximate surface area is 84.4 Å². The van der Waals surface area contributed by atoms with Gasteiger partial charge >= 0.3 is 6.09 Å². The normalized spacial score (nSPS) is 19.0. The summed E-state index contributed by atoms with van der Waals surface area (Å²) in [7, 11) is 0. The fraction of sp³-hybridized carbons (Fsp3) is 0.375. The van der Waals surface area contributed by atoms with E-state index >= 15 is 0 Å². The summed E-state index contributed by atoms with van der Waals surface area (Å²) in [6.07, 6.45) is -0.598. The third kappa shape index (κ3) is 2.61. The molecule has 1 fully saturated rings. The predicted molar refractivity (Wildman–Crippen MR) is 49.8 cm³/mol. The quantitative estimate of drug-likeness (QED) is 0.760. The second-order valence-corrected chi connectivity index (χ2v) is 3.66. The van der Waals surface area contributed by atoms with Crippen molar-refractivity contribution in [1.82, 2.24) is 0 Å². The van der Waals surface area contributed by atoms with Gasteiger partial charge in [0.2, 0.25) is 0 Å². The molecule has 0 bridgehead atoms. The Hall–Kier alpha value is -1.27. The molecule has 2 rings (SSSR count). The molecule has 0 aromatic carbocycles. The number of carbonyl (C=O) groups is 1. The van der Waals surface area contributed by atoms with Crippen molar-refractivity contribution < 1.29 is 19.0 Å². The van der Waals surface area contributed by atoms with E-state index in [0.29, 0.717) is 17.4 Å². The molecule has 1 aliphatic rings. The van der Waals surface area contributed by atoms with Gasteiger partial charge in [-0.25, -0.2) is 4.79 Å². The van der Waals surface area contributed by atoms with Gasteiger partial charge in [0.1, 0.15) is 18.5 Å². The van der Waals surface area contributed by atoms with Crippen molar-refractivity contribution in [2.75, 3.05) is 13.2 Å². The van der Waals surface area contributed by atoms with Gasteiger partial charge in [-0.3, -0.25) is 0 Å². The highest BCUT2D eigenvalue weighted by Crippen LogP contribution is 2.29. The first-order valence-corrected chi connectivity index (χ1v) is 4.92. The molecule has 0 spiro atoms. The van der Waals surface area contributed by atoms with Crippen LogP contribution in [0.2, 0.25) is 0 Å². The van der Waals surface area contributed by atoms with Crippen LogP contribution in [0.5, 0.6) is 10.8 Å². The molecule has 0 radical (unpaired) electrons. The van der Waals surface area contributed by atoms with Gasteiger partial charge in [-0.1, -0.05) is 0 Å². The zero-order chi connectivity index (χ0) is 9.97. The summed E-state index contributed by atoms with van der Waals surface area (Å²) in [6, 6.07) is 1.62. The van der Waals surface area contributed by atoms with Gasteiger partial charge in [0.05, 0.1) is 6.61 Å². The largest absolute Gasteiger partial charge is 0.490 e. The number of thiophene rings is 1. The van der Waals surface area contributed by atoms with Crippen LogP contribution in [-0.2, 0) is 4.74 Å². The Morgan fingerprint density at radius 3 is 3.21 bits per heavy atom. The van der Waals surface area contributed by atoms with E-state index in [9.17, 15) is 4.79 Å². The van der Waals surface area contributed by atoms with Crippen molar-refractivity contribution in [2.45, 2.75) is 6.10 Å². The lowest BCUT2D eigenvalue weighted by atomic mass is 10.5. The third-order valence-electron chi connectivity index (χ3n) is 1.59. The van der Waals surface area contributed by atoms with Gasteiger partial charge in [-0.15, -0.1) is 11.3 Å². The van der Waals surface area contributed by atoms with Crippen LogP contribution >= 0.6 is 11.3 Å². The molecule has 6 heteroatoms. The molecule has 1 atom stereocenters. The smallest absolute Gasteiger partial charge is 0.410 e. The topological polar surface area (TPSA) is 74.1 Å². The zero-order valence-corrected chi connectivity index (χ0v) is 8.08. The van der Waals surface area contributed by atoms with Crippen molar-refractivity contribution >= 4 is 17.4 Å². The minimum absolute atomic E-state index is 0.218. The van der Waals surface area contributed by atoms with Crippen molar-refractivity contribution in [3.05, 3.63) is 11.4 Å². The zero-order valence-electron chi connectivity index (χ0n) is 7.26. The fourth-order valence-electron chi connectivity index (χ4n) is 0.882. The highest BCUT2D eigenvalue weighted by molar-refractivity contribution is 7.12. The average molecular weight is 215 g/mol. The number of epoxide rings is 1. The van der Waals surface area contributed by atoms with E-state index in [0.717, 1.165) is 6.61 Å². The van der Waals surface area contributed by atoms with Crippen LogP contribution in [0.25, 0.3) is 0 Å². The summed E-state index contributed by atoms with van der Waals surface area (Å²) in [6.45, 7) is 1.29. The minimum Gasteiger partial charge on any atom is -0.490 e. The summed E-state index contributed by atoms with van der Waals surface area (Å²) in [5.74, 6) is 0.668. The Morgan fingerprint density at radius 2 is 2.57 bits per heavy atom. The molecular formula is C8H9NO4S. The van der Waals surface area contributed by atoms with E-state index in [-0.39, 0.29) is 6.10 Å². The molecule has 1 aromatic heterocycles. The summed E-state index contributed by atoms with van der Waals surface area (Å²) in [4.78, 5) is 10.4. The van der Waals surface area contributed by atoms with Gasteiger partial charge in [0, 0.05) is 11.4 Å². The Bertz CT molecular complexity index is 334. The lowest BCUT2D eigenvalue weighted by Crippen LogP contribution is -2.15. The standard InChI is InChI=1S/C8H9NO4S/c9-8(10)13-7-1-5(4-14-7)11-2-6-3-12-6/h1,4,6H,2-3H2,(H2,9,10). The SMILES string of the molecule is NC(=O)Oc1cc(OCC2CO2)cs1. The molecule has 0 aliphatic carbocycles. The van der Waals surface area contributed by atoms with E-state index in [1.165, 1.54) is 11.3 Å².